The van der Waals surface area contributed by atoms with Crippen molar-refractivity contribution in [2.24, 2.45) is 0 Å². The summed E-state index contributed by atoms with van der Waals surface area (Å²) in [6, 6.07) is 27.5. The van der Waals surface area contributed by atoms with Gasteiger partial charge in [-0.1, -0.05) is 36.4 Å². The number of amides is 1. The maximum Gasteiger partial charge on any atom is 0.344 e. The zero-order chi connectivity index (χ0) is 21.9. The number of anilines is 3. The van der Waals surface area contributed by atoms with E-state index in [-0.39, 0.29) is 13.2 Å². The number of hydrogen-bond donors (Lipinski definition) is 1. The van der Waals surface area contributed by atoms with Crippen molar-refractivity contribution in [3.8, 4) is 11.8 Å². The second-order valence-electron chi connectivity index (χ2n) is 6.44. The standard InChI is InChI=1S/C24H21N3O4/c25-15-16-27(21-9-5-2-6-10-21)23(28)17-31-24(29)18-30-22-13-11-20(12-14-22)26-19-7-3-1-4-8-19/h1-14,26H,16-18H2. The van der Waals surface area contributed by atoms with Crippen molar-refractivity contribution in [1.82, 2.24) is 0 Å². The molecule has 0 heterocycles. The number of hydrogen-bond acceptors (Lipinski definition) is 6. The molecule has 7 nitrogen and oxygen atoms in total. The molecule has 0 bridgehead atoms. The first-order chi connectivity index (χ1) is 15.2. The first kappa shape index (κ1) is 21.4. The summed E-state index contributed by atoms with van der Waals surface area (Å²) in [6.45, 7) is -0.943. The molecule has 0 unspecified atom stereocenters. The average molecular weight is 415 g/mol. The maximum absolute atomic E-state index is 12.3. The monoisotopic (exact) mass is 415 g/mol. The van der Waals surface area contributed by atoms with Crippen LogP contribution in [0.2, 0.25) is 0 Å². The van der Waals surface area contributed by atoms with Gasteiger partial charge < -0.3 is 14.8 Å². The van der Waals surface area contributed by atoms with E-state index in [1.165, 1.54) is 4.90 Å². The third-order valence-electron chi connectivity index (χ3n) is 4.23. The van der Waals surface area contributed by atoms with Crippen LogP contribution in [-0.4, -0.2) is 31.6 Å². The van der Waals surface area contributed by atoms with E-state index in [0.717, 1.165) is 11.4 Å². The van der Waals surface area contributed by atoms with E-state index in [0.29, 0.717) is 11.4 Å². The molecule has 0 saturated heterocycles. The number of carbonyl (C=O) groups excluding carboxylic acids is 2. The molecule has 1 amide bonds. The number of para-hydroxylation sites is 2. The lowest BCUT2D eigenvalue weighted by molar-refractivity contribution is -0.149. The fourth-order valence-corrected chi connectivity index (χ4v) is 2.73. The van der Waals surface area contributed by atoms with Crippen LogP contribution in [0.5, 0.6) is 5.75 Å². The van der Waals surface area contributed by atoms with E-state index < -0.39 is 18.5 Å². The Bertz CT molecular complexity index is 1030. The van der Waals surface area contributed by atoms with Crippen molar-refractivity contribution in [3.05, 3.63) is 84.9 Å². The van der Waals surface area contributed by atoms with Crippen molar-refractivity contribution >= 4 is 28.9 Å². The molecule has 3 aromatic rings. The quantitative estimate of drug-likeness (QED) is 0.421. The van der Waals surface area contributed by atoms with E-state index in [1.54, 1.807) is 42.5 Å². The molecule has 0 spiro atoms. The number of ether oxygens (including phenoxy) is 2. The fraction of sp³-hybridized carbons (Fsp3) is 0.125. The van der Waals surface area contributed by atoms with E-state index in [1.807, 2.05) is 48.5 Å². The lowest BCUT2D eigenvalue weighted by Gasteiger charge is -2.19. The average Bonchev–Trinajstić information content (AvgIpc) is 2.82. The normalized spacial score (nSPS) is 9.90. The molecule has 156 valence electrons. The molecule has 0 aliphatic heterocycles. The summed E-state index contributed by atoms with van der Waals surface area (Å²) in [7, 11) is 0. The van der Waals surface area contributed by atoms with Gasteiger partial charge in [0.25, 0.3) is 5.91 Å². The van der Waals surface area contributed by atoms with Gasteiger partial charge in [0.15, 0.2) is 13.2 Å². The molecular formula is C24H21N3O4. The zero-order valence-corrected chi connectivity index (χ0v) is 16.7. The number of esters is 1. The van der Waals surface area contributed by atoms with Crippen LogP contribution in [0.1, 0.15) is 0 Å². The summed E-state index contributed by atoms with van der Waals surface area (Å²) < 4.78 is 10.4. The SMILES string of the molecule is N#CCN(C(=O)COC(=O)COc1ccc(Nc2ccccc2)cc1)c1ccccc1. The molecule has 0 aromatic heterocycles. The van der Waals surface area contributed by atoms with Crippen LogP contribution in [0.15, 0.2) is 84.9 Å². The van der Waals surface area contributed by atoms with Crippen LogP contribution in [0, 0.1) is 11.3 Å². The van der Waals surface area contributed by atoms with Crippen molar-refractivity contribution in [2.45, 2.75) is 0 Å². The minimum atomic E-state index is -0.676. The third kappa shape index (κ3) is 6.61. The zero-order valence-electron chi connectivity index (χ0n) is 16.7. The molecule has 0 fully saturated rings. The summed E-state index contributed by atoms with van der Waals surface area (Å²) in [5.41, 5.74) is 2.40. The van der Waals surface area contributed by atoms with Gasteiger partial charge in [-0.3, -0.25) is 9.69 Å². The van der Waals surface area contributed by atoms with Gasteiger partial charge in [0.05, 0.1) is 6.07 Å². The Kier molecular flexibility index (Phi) is 7.61. The Morgan fingerprint density at radius 1 is 0.839 bits per heavy atom. The number of nitrogens with zero attached hydrogens (tertiary/aromatic N) is 2. The molecule has 0 saturated carbocycles. The van der Waals surface area contributed by atoms with Gasteiger partial charge >= 0.3 is 5.97 Å². The largest absolute Gasteiger partial charge is 0.482 e. The molecule has 0 aliphatic carbocycles. The third-order valence-corrected chi connectivity index (χ3v) is 4.23. The van der Waals surface area contributed by atoms with Gasteiger partial charge in [-0.05, 0) is 48.5 Å². The molecule has 0 radical (unpaired) electrons. The van der Waals surface area contributed by atoms with Gasteiger partial charge in [0.2, 0.25) is 0 Å². The number of nitrogens with one attached hydrogen (secondary N) is 1. The molecule has 31 heavy (non-hydrogen) atoms. The summed E-state index contributed by atoms with van der Waals surface area (Å²) >= 11 is 0. The number of carbonyl (C=O) groups is 2. The lowest BCUT2D eigenvalue weighted by Crippen LogP contribution is -2.35. The van der Waals surface area contributed by atoms with Gasteiger partial charge in [-0.2, -0.15) is 5.26 Å². The predicted octanol–water partition coefficient (Wildman–Crippen LogP) is 3.91. The van der Waals surface area contributed by atoms with E-state index in [9.17, 15) is 9.59 Å². The summed E-state index contributed by atoms with van der Waals surface area (Å²) in [6.07, 6.45) is 0. The molecule has 0 aliphatic rings. The summed E-state index contributed by atoms with van der Waals surface area (Å²) in [5, 5.41) is 12.2. The predicted molar refractivity (Wildman–Crippen MR) is 117 cm³/mol. The molecule has 1 N–H and O–H groups in total. The van der Waals surface area contributed by atoms with Crippen LogP contribution < -0.4 is 15.0 Å². The molecule has 7 heteroatoms. The second kappa shape index (κ2) is 11.0. The van der Waals surface area contributed by atoms with Gasteiger partial charge in [-0.15, -0.1) is 0 Å². The van der Waals surface area contributed by atoms with Crippen LogP contribution in [0.3, 0.4) is 0 Å². The molecular weight excluding hydrogens is 394 g/mol. The lowest BCUT2D eigenvalue weighted by atomic mass is 10.2. The molecule has 3 rings (SSSR count). The number of rotatable bonds is 9. The Hall–Kier alpha value is -4.31. The minimum Gasteiger partial charge on any atom is -0.482 e. The first-order valence-corrected chi connectivity index (χ1v) is 9.58. The highest BCUT2D eigenvalue weighted by molar-refractivity contribution is 5.95. The Balaban J connectivity index is 1.45. The second-order valence-corrected chi connectivity index (χ2v) is 6.44. The molecule has 0 atom stereocenters. The van der Waals surface area contributed by atoms with Gasteiger partial charge in [0, 0.05) is 17.1 Å². The first-order valence-electron chi connectivity index (χ1n) is 9.58. The van der Waals surface area contributed by atoms with Gasteiger partial charge in [-0.25, -0.2) is 4.79 Å². The highest BCUT2D eigenvalue weighted by Crippen LogP contribution is 2.20. The smallest absolute Gasteiger partial charge is 0.344 e. The van der Waals surface area contributed by atoms with E-state index >= 15 is 0 Å². The van der Waals surface area contributed by atoms with Crippen LogP contribution >= 0.6 is 0 Å². The summed E-state index contributed by atoms with van der Waals surface area (Å²) in [4.78, 5) is 25.6. The Morgan fingerprint density at radius 2 is 1.45 bits per heavy atom. The van der Waals surface area contributed by atoms with Crippen molar-refractivity contribution < 1.29 is 19.1 Å². The highest BCUT2D eigenvalue weighted by atomic mass is 16.6. The number of nitriles is 1. The van der Waals surface area contributed by atoms with Crippen LogP contribution in [0.4, 0.5) is 17.1 Å². The van der Waals surface area contributed by atoms with Gasteiger partial charge in [0.1, 0.15) is 12.3 Å². The van der Waals surface area contributed by atoms with Crippen molar-refractivity contribution in [3.63, 3.8) is 0 Å². The van der Waals surface area contributed by atoms with Crippen LogP contribution in [-0.2, 0) is 14.3 Å². The number of benzene rings is 3. The van der Waals surface area contributed by atoms with Crippen molar-refractivity contribution in [2.75, 3.05) is 30.0 Å². The summed E-state index contributed by atoms with van der Waals surface area (Å²) in [5.74, 6) is -0.667. The fourth-order valence-electron chi connectivity index (χ4n) is 2.73. The topological polar surface area (TPSA) is 91.7 Å². The molecule has 3 aromatic carbocycles. The van der Waals surface area contributed by atoms with E-state index in [2.05, 4.69) is 5.32 Å². The Morgan fingerprint density at radius 3 is 2.10 bits per heavy atom. The van der Waals surface area contributed by atoms with Crippen LogP contribution in [0.25, 0.3) is 0 Å². The van der Waals surface area contributed by atoms with E-state index in [4.69, 9.17) is 14.7 Å². The highest BCUT2D eigenvalue weighted by Gasteiger charge is 2.17. The maximum atomic E-state index is 12.3. The van der Waals surface area contributed by atoms with Crippen molar-refractivity contribution in [1.29, 1.82) is 5.26 Å². The Labute approximate surface area is 180 Å². The minimum absolute atomic E-state index is 0.139.